The Kier molecular flexibility index (Phi) is 5.11. The highest BCUT2D eigenvalue weighted by atomic mass is 35.5. The average molecular weight is 273 g/mol. The molecule has 0 unspecified atom stereocenters. The summed E-state index contributed by atoms with van der Waals surface area (Å²) in [5.74, 6) is -1.07. The smallest absolute Gasteiger partial charge is 0.254 e. The van der Waals surface area contributed by atoms with Crippen LogP contribution in [0.4, 0.5) is 4.39 Å². The number of carbonyl (C=O) groups is 1. The maximum atomic E-state index is 13.6. The van der Waals surface area contributed by atoms with Gasteiger partial charge in [0.2, 0.25) is 0 Å². The lowest BCUT2D eigenvalue weighted by molar-refractivity contribution is 0.0891. The van der Waals surface area contributed by atoms with Gasteiger partial charge in [-0.15, -0.1) is 0 Å². The average Bonchev–Trinajstić information content (AvgIpc) is 2.38. The van der Waals surface area contributed by atoms with Gasteiger partial charge in [-0.2, -0.15) is 0 Å². The van der Waals surface area contributed by atoms with Crippen LogP contribution in [0.1, 0.15) is 37.0 Å². The van der Waals surface area contributed by atoms with E-state index in [0.29, 0.717) is 24.4 Å². The lowest BCUT2D eigenvalue weighted by Crippen LogP contribution is -2.53. The number of hydrogen-bond acceptors (Lipinski definition) is 2. The first-order valence-corrected chi connectivity index (χ1v) is 6.33. The summed E-state index contributed by atoms with van der Waals surface area (Å²) in [7, 11) is 0. The van der Waals surface area contributed by atoms with Crippen molar-refractivity contribution in [3.63, 3.8) is 0 Å². The zero-order valence-corrected chi connectivity index (χ0v) is 11.4. The molecule has 1 rings (SSSR count). The fourth-order valence-corrected chi connectivity index (χ4v) is 1.92. The fraction of sp³-hybridized carbons (Fsp3) is 0.462. The summed E-state index contributed by atoms with van der Waals surface area (Å²) in [4.78, 5) is 12.0. The molecule has 0 aliphatic rings. The number of nitrogens with one attached hydrogen (secondary N) is 1. The first-order chi connectivity index (χ1) is 8.48. The van der Waals surface area contributed by atoms with Crippen molar-refractivity contribution in [1.82, 2.24) is 5.32 Å². The predicted molar refractivity (Wildman–Crippen MR) is 71.2 cm³/mol. The van der Waals surface area contributed by atoms with Crippen molar-refractivity contribution in [2.75, 3.05) is 6.54 Å². The molecule has 0 spiro atoms. The van der Waals surface area contributed by atoms with Crippen LogP contribution in [0.3, 0.4) is 0 Å². The van der Waals surface area contributed by atoms with E-state index in [2.05, 4.69) is 5.32 Å². The van der Waals surface area contributed by atoms with Gasteiger partial charge in [0.25, 0.3) is 5.91 Å². The predicted octanol–water partition coefficient (Wildman–Crippen LogP) is 2.73. The van der Waals surface area contributed by atoms with Crippen molar-refractivity contribution in [1.29, 1.82) is 0 Å². The van der Waals surface area contributed by atoms with E-state index in [1.807, 2.05) is 13.8 Å². The van der Waals surface area contributed by atoms with E-state index < -0.39 is 17.3 Å². The molecule has 0 bridgehead atoms. The van der Waals surface area contributed by atoms with E-state index in [9.17, 15) is 9.18 Å². The quantitative estimate of drug-likeness (QED) is 0.866. The zero-order chi connectivity index (χ0) is 13.8. The van der Waals surface area contributed by atoms with Gasteiger partial charge < -0.3 is 11.1 Å². The Hall–Kier alpha value is -1.13. The van der Waals surface area contributed by atoms with Crippen molar-refractivity contribution in [2.45, 2.75) is 32.2 Å². The molecule has 1 aromatic rings. The molecular formula is C13H18ClFN2O. The Morgan fingerprint density at radius 3 is 2.56 bits per heavy atom. The summed E-state index contributed by atoms with van der Waals surface area (Å²) in [6.45, 7) is 4.18. The van der Waals surface area contributed by atoms with Crippen LogP contribution in [0.2, 0.25) is 5.02 Å². The number of nitrogens with two attached hydrogens (primary N) is 1. The summed E-state index contributed by atoms with van der Waals surface area (Å²) in [6.07, 6.45) is 1.38. The molecular weight excluding hydrogens is 255 g/mol. The second kappa shape index (κ2) is 6.16. The normalized spacial score (nSPS) is 11.4. The van der Waals surface area contributed by atoms with E-state index in [0.717, 1.165) is 0 Å². The molecule has 0 fully saturated rings. The van der Waals surface area contributed by atoms with Crippen molar-refractivity contribution in [3.05, 3.63) is 34.6 Å². The second-order valence-corrected chi connectivity index (χ2v) is 4.71. The summed E-state index contributed by atoms with van der Waals surface area (Å²) in [6, 6.07) is 3.90. The number of halogens is 2. The monoisotopic (exact) mass is 272 g/mol. The van der Waals surface area contributed by atoms with Crippen molar-refractivity contribution in [3.8, 4) is 0 Å². The van der Waals surface area contributed by atoms with Crippen LogP contribution in [0, 0.1) is 5.82 Å². The molecule has 3 nitrogen and oxygen atoms in total. The molecule has 3 N–H and O–H groups in total. The Morgan fingerprint density at radius 1 is 1.44 bits per heavy atom. The maximum absolute atomic E-state index is 13.6. The topological polar surface area (TPSA) is 55.1 Å². The van der Waals surface area contributed by atoms with Gasteiger partial charge in [0.15, 0.2) is 0 Å². The molecule has 1 aromatic carbocycles. The molecule has 0 radical (unpaired) electrons. The number of carbonyl (C=O) groups excluding carboxylic acids is 1. The third-order valence-corrected chi connectivity index (χ3v) is 3.53. The van der Waals surface area contributed by atoms with E-state index >= 15 is 0 Å². The first-order valence-electron chi connectivity index (χ1n) is 5.95. The van der Waals surface area contributed by atoms with Gasteiger partial charge in [-0.25, -0.2) is 4.39 Å². The van der Waals surface area contributed by atoms with Crippen LogP contribution < -0.4 is 11.1 Å². The summed E-state index contributed by atoms with van der Waals surface area (Å²) < 4.78 is 13.6. The number of hydrogen-bond donors (Lipinski definition) is 2. The van der Waals surface area contributed by atoms with Crippen LogP contribution >= 0.6 is 11.6 Å². The highest BCUT2D eigenvalue weighted by Crippen LogP contribution is 2.18. The van der Waals surface area contributed by atoms with E-state index in [4.69, 9.17) is 17.3 Å². The largest absolute Gasteiger partial charge is 0.345 e. The van der Waals surface area contributed by atoms with Crippen LogP contribution in [-0.4, -0.2) is 18.0 Å². The van der Waals surface area contributed by atoms with Gasteiger partial charge in [0.1, 0.15) is 5.82 Å². The van der Waals surface area contributed by atoms with E-state index in [-0.39, 0.29) is 5.56 Å². The van der Waals surface area contributed by atoms with Gasteiger partial charge in [0, 0.05) is 11.6 Å². The van der Waals surface area contributed by atoms with Crippen LogP contribution in [-0.2, 0) is 0 Å². The Morgan fingerprint density at radius 2 is 2.06 bits per heavy atom. The van der Waals surface area contributed by atoms with Gasteiger partial charge in [0.05, 0.1) is 11.1 Å². The van der Waals surface area contributed by atoms with Gasteiger partial charge in [-0.3, -0.25) is 4.79 Å². The lowest BCUT2D eigenvalue weighted by Gasteiger charge is -2.31. The Bertz CT molecular complexity index is 425. The molecule has 0 saturated carbocycles. The first kappa shape index (κ1) is 14.9. The van der Waals surface area contributed by atoms with Gasteiger partial charge in [-0.05, 0) is 31.0 Å². The number of benzene rings is 1. The SMILES string of the molecule is CCC(CC)(CN)NC(=O)c1cc(Cl)ccc1F. The molecule has 0 atom stereocenters. The number of rotatable bonds is 5. The van der Waals surface area contributed by atoms with E-state index in [1.165, 1.54) is 18.2 Å². The highest BCUT2D eigenvalue weighted by molar-refractivity contribution is 6.31. The minimum Gasteiger partial charge on any atom is -0.345 e. The van der Waals surface area contributed by atoms with Crippen molar-refractivity contribution in [2.24, 2.45) is 5.73 Å². The third kappa shape index (κ3) is 3.21. The number of amides is 1. The zero-order valence-electron chi connectivity index (χ0n) is 10.6. The van der Waals surface area contributed by atoms with E-state index in [1.54, 1.807) is 0 Å². The molecule has 1 amide bonds. The van der Waals surface area contributed by atoms with Crippen molar-refractivity contribution < 1.29 is 9.18 Å². The van der Waals surface area contributed by atoms with Crippen LogP contribution in [0.25, 0.3) is 0 Å². The highest BCUT2D eigenvalue weighted by Gasteiger charge is 2.27. The summed E-state index contributed by atoms with van der Waals surface area (Å²) in [5, 5.41) is 3.13. The molecule has 18 heavy (non-hydrogen) atoms. The second-order valence-electron chi connectivity index (χ2n) is 4.27. The van der Waals surface area contributed by atoms with Crippen molar-refractivity contribution >= 4 is 17.5 Å². The van der Waals surface area contributed by atoms with Crippen LogP contribution in [0.15, 0.2) is 18.2 Å². The molecule has 0 heterocycles. The lowest BCUT2D eigenvalue weighted by atomic mass is 9.92. The van der Waals surface area contributed by atoms with Gasteiger partial charge >= 0.3 is 0 Å². The Balaban J connectivity index is 2.97. The molecule has 0 aliphatic carbocycles. The Labute approximate surface area is 112 Å². The minimum absolute atomic E-state index is 0.0535. The summed E-state index contributed by atoms with van der Waals surface area (Å²) in [5.41, 5.74) is 5.14. The standard InChI is InChI=1S/C13H18ClFN2O/c1-3-13(4-2,8-16)17-12(18)10-7-9(14)5-6-11(10)15/h5-7H,3-4,8,16H2,1-2H3,(H,17,18). The molecule has 0 saturated heterocycles. The third-order valence-electron chi connectivity index (χ3n) is 3.30. The molecule has 100 valence electrons. The fourth-order valence-electron chi connectivity index (χ4n) is 1.75. The molecule has 0 aliphatic heterocycles. The van der Waals surface area contributed by atoms with Gasteiger partial charge in [-0.1, -0.05) is 25.4 Å². The molecule has 0 aromatic heterocycles. The summed E-state index contributed by atoms with van der Waals surface area (Å²) >= 11 is 5.76. The van der Waals surface area contributed by atoms with Crippen LogP contribution in [0.5, 0.6) is 0 Å². The minimum atomic E-state index is -0.588. The molecule has 5 heteroatoms. The maximum Gasteiger partial charge on any atom is 0.254 e.